The summed E-state index contributed by atoms with van der Waals surface area (Å²) < 4.78 is 23.2. The molecule has 0 fully saturated rings. The van der Waals surface area contributed by atoms with Crippen LogP contribution in [0.25, 0.3) is 0 Å². The smallest absolute Gasteiger partial charge is 0.410 e. The molecule has 0 radical (unpaired) electrons. The van der Waals surface area contributed by atoms with Gasteiger partial charge in [-0.2, -0.15) is 4.57 Å². The monoisotopic (exact) mass is 232 g/mol. The normalized spacial score (nSPS) is 12.0. The molecule has 0 amide bonds. The van der Waals surface area contributed by atoms with Crippen molar-refractivity contribution in [2.75, 3.05) is 21.3 Å². The molecule has 0 aliphatic carbocycles. The first-order valence-electron chi connectivity index (χ1n) is 4.76. The van der Waals surface area contributed by atoms with Crippen molar-refractivity contribution in [2.45, 2.75) is 19.5 Å². The summed E-state index contributed by atoms with van der Waals surface area (Å²) in [5.41, 5.74) is 0. The van der Waals surface area contributed by atoms with E-state index in [4.69, 9.17) is 17.7 Å². The second kappa shape index (κ2) is 5.41. The van der Waals surface area contributed by atoms with E-state index in [9.17, 15) is 0 Å². The molecule has 0 N–H and O–H groups in total. The van der Waals surface area contributed by atoms with Gasteiger partial charge >= 0.3 is 14.7 Å². The molecule has 1 aromatic rings. The fourth-order valence-corrected chi connectivity index (χ4v) is 3.05. The fourth-order valence-electron chi connectivity index (χ4n) is 1.42. The highest BCUT2D eigenvalue weighted by Crippen LogP contribution is 2.12. The first kappa shape index (κ1) is 12.4. The summed E-state index contributed by atoms with van der Waals surface area (Å²) in [5.74, 6) is 0.862. The first-order chi connectivity index (χ1) is 7.17. The molecule has 1 heterocycles. The van der Waals surface area contributed by atoms with Gasteiger partial charge < -0.3 is 17.7 Å². The first-order valence-corrected chi connectivity index (χ1v) is 6.69. The second-order valence-corrected chi connectivity index (χ2v) is 6.25. The topological polar surface area (TPSA) is 44.7 Å². The molecular weight excluding hydrogens is 214 g/mol. The van der Waals surface area contributed by atoms with Gasteiger partial charge in [-0.1, -0.05) is 0 Å². The SMILES string of the molecule is CO[Si](CC[n+]1ccoc1C)(OC)OC. The zero-order chi connectivity index (χ0) is 11.3. The average molecular weight is 232 g/mol. The molecule has 86 valence electrons. The van der Waals surface area contributed by atoms with Crippen LogP contribution in [0.1, 0.15) is 5.89 Å². The van der Waals surface area contributed by atoms with Crippen LogP contribution in [0.4, 0.5) is 0 Å². The summed E-state index contributed by atoms with van der Waals surface area (Å²) in [6, 6.07) is 0.724. The van der Waals surface area contributed by atoms with Gasteiger partial charge in [-0.25, -0.2) is 0 Å². The van der Waals surface area contributed by atoms with Gasteiger partial charge in [0.15, 0.2) is 12.8 Å². The van der Waals surface area contributed by atoms with Crippen LogP contribution in [-0.2, 0) is 19.8 Å². The van der Waals surface area contributed by atoms with Crippen molar-refractivity contribution in [2.24, 2.45) is 0 Å². The number of aromatic nitrogens is 1. The molecule has 1 rings (SSSR count). The standard InChI is InChI=1S/C9H18NO4Si/c1-9-10(5-7-14-9)6-8-15(11-2,12-3)13-4/h5,7H,6,8H2,1-4H3/q+1. The summed E-state index contributed by atoms with van der Waals surface area (Å²) in [4.78, 5) is 0. The Morgan fingerprint density at radius 2 is 1.87 bits per heavy atom. The number of oxazole rings is 1. The molecule has 6 heteroatoms. The van der Waals surface area contributed by atoms with Gasteiger partial charge in [0.25, 0.3) is 0 Å². The highest BCUT2D eigenvalue weighted by molar-refractivity contribution is 6.60. The third-order valence-electron chi connectivity index (χ3n) is 2.48. The van der Waals surface area contributed by atoms with Gasteiger partial charge in [0.1, 0.15) is 0 Å². The zero-order valence-corrected chi connectivity index (χ0v) is 10.6. The van der Waals surface area contributed by atoms with E-state index in [1.165, 1.54) is 0 Å². The zero-order valence-electron chi connectivity index (χ0n) is 9.65. The Bertz CT molecular complexity index is 290. The van der Waals surface area contributed by atoms with Crippen LogP contribution in [0.3, 0.4) is 0 Å². The van der Waals surface area contributed by atoms with E-state index < -0.39 is 8.80 Å². The van der Waals surface area contributed by atoms with Crippen molar-refractivity contribution in [1.29, 1.82) is 0 Å². The lowest BCUT2D eigenvalue weighted by Gasteiger charge is -2.22. The van der Waals surface area contributed by atoms with E-state index in [1.807, 2.05) is 17.7 Å². The van der Waals surface area contributed by atoms with Gasteiger partial charge in [-0.3, -0.25) is 0 Å². The van der Waals surface area contributed by atoms with E-state index in [-0.39, 0.29) is 0 Å². The predicted octanol–water partition coefficient (Wildman–Crippen LogP) is 0.754. The summed E-state index contributed by atoms with van der Waals surface area (Å²) in [6.07, 6.45) is 3.54. The van der Waals surface area contributed by atoms with Crippen molar-refractivity contribution in [1.82, 2.24) is 0 Å². The quantitative estimate of drug-likeness (QED) is 0.536. The van der Waals surface area contributed by atoms with Crippen molar-refractivity contribution in [3.8, 4) is 0 Å². The van der Waals surface area contributed by atoms with Crippen LogP contribution in [0.5, 0.6) is 0 Å². The lowest BCUT2D eigenvalue weighted by Crippen LogP contribution is -2.47. The lowest BCUT2D eigenvalue weighted by molar-refractivity contribution is -0.703. The molecule has 5 nitrogen and oxygen atoms in total. The molecule has 0 aliphatic heterocycles. The minimum absolute atomic E-state index is 0.724. The van der Waals surface area contributed by atoms with Crippen LogP contribution >= 0.6 is 0 Å². The second-order valence-electron chi connectivity index (χ2n) is 3.16. The van der Waals surface area contributed by atoms with Gasteiger partial charge in [-0.15, -0.1) is 0 Å². The maximum atomic E-state index is 5.32. The molecule has 0 spiro atoms. The van der Waals surface area contributed by atoms with E-state index in [1.54, 1.807) is 27.6 Å². The Morgan fingerprint density at radius 1 is 1.27 bits per heavy atom. The Hall–Kier alpha value is -0.693. The third kappa shape index (κ3) is 2.88. The van der Waals surface area contributed by atoms with E-state index in [0.717, 1.165) is 18.5 Å². The van der Waals surface area contributed by atoms with Gasteiger partial charge in [0, 0.05) is 21.3 Å². The number of hydrogen-bond acceptors (Lipinski definition) is 4. The van der Waals surface area contributed by atoms with Crippen LogP contribution in [0, 0.1) is 6.92 Å². The van der Waals surface area contributed by atoms with E-state index in [2.05, 4.69) is 0 Å². The largest absolute Gasteiger partial charge is 0.506 e. The maximum Gasteiger partial charge on any atom is 0.506 e. The molecule has 0 saturated carbocycles. The summed E-state index contributed by atoms with van der Waals surface area (Å²) in [6.45, 7) is 2.68. The minimum atomic E-state index is -2.46. The molecule has 0 unspecified atom stereocenters. The molecule has 0 atom stereocenters. The van der Waals surface area contributed by atoms with Gasteiger partial charge in [0.2, 0.25) is 6.20 Å². The lowest BCUT2D eigenvalue weighted by atomic mass is 10.6. The van der Waals surface area contributed by atoms with E-state index in [0.29, 0.717) is 0 Å². The molecular formula is C9H18NO4Si+. The van der Waals surface area contributed by atoms with Crippen molar-refractivity contribution >= 4 is 8.80 Å². The average Bonchev–Trinajstić information content (AvgIpc) is 2.67. The molecule has 15 heavy (non-hydrogen) atoms. The van der Waals surface area contributed by atoms with Crippen LogP contribution in [-0.4, -0.2) is 30.1 Å². The van der Waals surface area contributed by atoms with Crippen molar-refractivity contribution < 1.29 is 22.3 Å². The van der Waals surface area contributed by atoms with Crippen LogP contribution < -0.4 is 4.57 Å². The number of rotatable bonds is 6. The number of aryl methyl sites for hydroxylation is 2. The Morgan fingerprint density at radius 3 is 2.27 bits per heavy atom. The predicted molar refractivity (Wildman–Crippen MR) is 55.2 cm³/mol. The Balaban J connectivity index is 2.58. The van der Waals surface area contributed by atoms with Crippen LogP contribution in [0.15, 0.2) is 16.9 Å². The number of nitrogens with zero attached hydrogens (tertiary/aromatic N) is 1. The van der Waals surface area contributed by atoms with Gasteiger partial charge in [-0.05, 0) is 0 Å². The molecule has 0 bridgehead atoms. The fraction of sp³-hybridized carbons (Fsp3) is 0.667. The Labute approximate surface area is 90.9 Å². The summed E-state index contributed by atoms with van der Waals surface area (Å²) in [5, 5.41) is 0. The maximum absolute atomic E-state index is 5.32. The molecule has 0 aromatic carbocycles. The molecule has 0 aliphatic rings. The van der Waals surface area contributed by atoms with E-state index >= 15 is 0 Å². The van der Waals surface area contributed by atoms with Crippen molar-refractivity contribution in [3.05, 3.63) is 18.4 Å². The van der Waals surface area contributed by atoms with Crippen LogP contribution in [0.2, 0.25) is 6.04 Å². The molecule has 0 saturated heterocycles. The van der Waals surface area contributed by atoms with Gasteiger partial charge in [0.05, 0.1) is 13.0 Å². The minimum Gasteiger partial charge on any atom is -0.410 e. The number of hydrogen-bond donors (Lipinski definition) is 0. The highest BCUT2D eigenvalue weighted by atomic mass is 28.4. The third-order valence-corrected chi connectivity index (χ3v) is 5.18. The van der Waals surface area contributed by atoms with Crippen molar-refractivity contribution in [3.63, 3.8) is 0 Å². The summed E-state index contributed by atoms with van der Waals surface area (Å²) >= 11 is 0. The summed E-state index contributed by atoms with van der Waals surface area (Å²) in [7, 11) is 2.39. The molecule has 1 aromatic heterocycles. The highest BCUT2D eigenvalue weighted by Gasteiger charge is 2.39. The Kier molecular flexibility index (Phi) is 4.46.